The topological polar surface area (TPSA) is 78.5 Å². The van der Waals surface area contributed by atoms with Gasteiger partial charge in [0.1, 0.15) is 5.82 Å². The molecule has 2 N–H and O–H groups in total. The Morgan fingerprint density at radius 1 is 1.10 bits per heavy atom. The van der Waals surface area contributed by atoms with Crippen molar-refractivity contribution in [3.8, 4) is 12.3 Å². The lowest BCUT2D eigenvalue weighted by Crippen LogP contribution is -2.47. The van der Waals surface area contributed by atoms with Gasteiger partial charge in [-0.1, -0.05) is 0 Å². The lowest BCUT2D eigenvalue weighted by molar-refractivity contribution is -0.137. The Kier molecular flexibility index (Phi) is 5.37. The van der Waals surface area contributed by atoms with Crippen LogP contribution in [0.2, 0.25) is 0 Å². The van der Waals surface area contributed by atoms with Crippen molar-refractivity contribution in [2.24, 2.45) is 17.8 Å². The van der Waals surface area contributed by atoms with Crippen molar-refractivity contribution in [3.05, 3.63) is 29.1 Å². The van der Waals surface area contributed by atoms with Crippen LogP contribution in [0.25, 0.3) is 0 Å². The van der Waals surface area contributed by atoms with Crippen LogP contribution in [0.4, 0.5) is 10.1 Å². The summed E-state index contributed by atoms with van der Waals surface area (Å²) < 4.78 is 15.0. The molecule has 0 radical (unpaired) electrons. The van der Waals surface area contributed by atoms with Crippen molar-refractivity contribution in [1.82, 2.24) is 10.6 Å². The molecule has 1 aliphatic carbocycles. The van der Waals surface area contributed by atoms with Crippen molar-refractivity contribution in [3.63, 3.8) is 0 Å². The van der Waals surface area contributed by atoms with E-state index in [0.29, 0.717) is 37.2 Å². The van der Waals surface area contributed by atoms with Gasteiger partial charge in [0, 0.05) is 50.0 Å². The van der Waals surface area contributed by atoms with Gasteiger partial charge in [-0.15, -0.1) is 12.3 Å². The van der Waals surface area contributed by atoms with E-state index in [0.717, 1.165) is 18.7 Å². The van der Waals surface area contributed by atoms with Gasteiger partial charge >= 0.3 is 0 Å². The van der Waals surface area contributed by atoms with E-state index >= 15 is 0 Å². The zero-order valence-corrected chi connectivity index (χ0v) is 16.2. The van der Waals surface area contributed by atoms with Crippen LogP contribution in [0.1, 0.15) is 35.2 Å². The molecule has 6 nitrogen and oxygen atoms in total. The summed E-state index contributed by atoms with van der Waals surface area (Å²) in [7, 11) is 0. The number of halogens is 1. The number of piperazine rings is 1. The van der Waals surface area contributed by atoms with Crippen molar-refractivity contribution in [2.45, 2.75) is 25.7 Å². The maximum atomic E-state index is 15.0. The first-order chi connectivity index (χ1) is 14.0. The second kappa shape index (κ2) is 7.96. The van der Waals surface area contributed by atoms with Gasteiger partial charge in [-0.2, -0.15) is 0 Å². The molecule has 152 valence electrons. The summed E-state index contributed by atoms with van der Waals surface area (Å²) in [5, 5.41) is 5.56. The zero-order valence-electron chi connectivity index (χ0n) is 16.2. The van der Waals surface area contributed by atoms with E-state index in [1.165, 1.54) is 6.07 Å². The molecule has 2 heterocycles. The summed E-state index contributed by atoms with van der Waals surface area (Å²) in [5.41, 5.74) is 1.60. The van der Waals surface area contributed by atoms with Crippen LogP contribution in [0.3, 0.4) is 0 Å². The van der Waals surface area contributed by atoms with Crippen LogP contribution in [-0.2, 0) is 16.0 Å². The van der Waals surface area contributed by atoms with E-state index in [-0.39, 0.29) is 24.5 Å². The van der Waals surface area contributed by atoms with Gasteiger partial charge in [0.15, 0.2) is 5.78 Å². The molecule has 2 saturated heterocycles. The number of nitrogens with zero attached hydrogens (tertiary/aromatic N) is 1. The predicted molar refractivity (Wildman–Crippen MR) is 106 cm³/mol. The van der Waals surface area contributed by atoms with Crippen molar-refractivity contribution < 1.29 is 18.8 Å². The van der Waals surface area contributed by atoms with E-state index in [1.807, 2.05) is 4.90 Å². The summed E-state index contributed by atoms with van der Waals surface area (Å²) in [6.45, 7) is 2.98. The predicted octanol–water partition coefficient (Wildman–Crippen LogP) is 1.28. The number of hydrogen-bond donors (Lipinski definition) is 2. The van der Waals surface area contributed by atoms with Crippen LogP contribution in [-0.4, -0.2) is 43.8 Å². The summed E-state index contributed by atoms with van der Waals surface area (Å²) >= 11 is 0. The molecule has 29 heavy (non-hydrogen) atoms. The summed E-state index contributed by atoms with van der Waals surface area (Å²) in [4.78, 5) is 39.3. The van der Waals surface area contributed by atoms with E-state index < -0.39 is 29.5 Å². The van der Waals surface area contributed by atoms with Crippen molar-refractivity contribution >= 4 is 23.3 Å². The SMILES string of the molecule is C#CC1CCc2cc(N3CCNCC3)c(F)cc2C(=O)C1[C@H]1CCC(=O)NC1=O. The average molecular weight is 397 g/mol. The Labute approximate surface area is 169 Å². The Hall–Kier alpha value is -2.72. The van der Waals surface area contributed by atoms with Crippen LogP contribution >= 0.6 is 0 Å². The molecule has 2 unspecified atom stereocenters. The van der Waals surface area contributed by atoms with Gasteiger partial charge in [-0.3, -0.25) is 19.7 Å². The van der Waals surface area contributed by atoms with Gasteiger partial charge in [-0.05, 0) is 37.0 Å². The van der Waals surface area contributed by atoms with Crippen LogP contribution in [0, 0.1) is 35.9 Å². The Balaban J connectivity index is 1.70. The van der Waals surface area contributed by atoms with Gasteiger partial charge in [0.2, 0.25) is 11.8 Å². The molecule has 1 aromatic rings. The quantitative estimate of drug-likeness (QED) is 0.447. The molecule has 4 rings (SSSR count). The molecule has 2 amide bonds. The summed E-state index contributed by atoms with van der Waals surface area (Å²) in [6, 6.07) is 3.08. The van der Waals surface area contributed by atoms with Crippen LogP contribution in [0.15, 0.2) is 12.1 Å². The molecule has 0 spiro atoms. The number of rotatable bonds is 2. The number of carbonyl (C=O) groups is 3. The molecular weight excluding hydrogens is 373 g/mol. The Morgan fingerprint density at radius 3 is 2.55 bits per heavy atom. The second-order valence-electron chi connectivity index (χ2n) is 7.96. The number of fused-ring (bicyclic) bond motifs is 1. The minimum Gasteiger partial charge on any atom is -0.367 e. The molecule has 7 heteroatoms. The van der Waals surface area contributed by atoms with Gasteiger partial charge in [-0.25, -0.2) is 4.39 Å². The highest BCUT2D eigenvalue weighted by Gasteiger charge is 2.43. The van der Waals surface area contributed by atoms with Gasteiger partial charge in [0.25, 0.3) is 0 Å². The minimum absolute atomic E-state index is 0.181. The smallest absolute Gasteiger partial charge is 0.230 e. The van der Waals surface area contributed by atoms with Crippen LogP contribution in [0.5, 0.6) is 0 Å². The Morgan fingerprint density at radius 2 is 1.86 bits per heavy atom. The number of carbonyl (C=O) groups excluding carboxylic acids is 3. The standard InChI is InChI=1S/C22H24FN3O3/c1-2-13-3-4-14-11-18(26-9-7-24-8-10-26)17(23)12-16(14)21(28)20(13)15-5-6-19(27)25-22(15)29/h1,11-13,15,20,24H,3-10H2,(H,25,27,29)/t13?,15-,20?/m1/s1. The van der Waals surface area contributed by atoms with Gasteiger partial charge < -0.3 is 10.2 Å². The lowest BCUT2D eigenvalue weighted by Gasteiger charge is -2.31. The average Bonchev–Trinajstić information content (AvgIpc) is 2.85. The van der Waals surface area contributed by atoms with E-state index in [4.69, 9.17) is 6.42 Å². The first-order valence-electron chi connectivity index (χ1n) is 10.1. The number of imide groups is 1. The molecule has 1 aromatic carbocycles. The maximum Gasteiger partial charge on any atom is 0.230 e. The van der Waals surface area contributed by atoms with E-state index in [1.54, 1.807) is 6.07 Å². The molecule has 0 saturated carbocycles. The summed E-state index contributed by atoms with van der Waals surface area (Å²) in [6.07, 6.45) is 7.30. The maximum absolute atomic E-state index is 15.0. The monoisotopic (exact) mass is 397 g/mol. The molecule has 3 aliphatic rings. The normalized spacial score (nSPS) is 27.7. The highest BCUT2D eigenvalue weighted by molar-refractivity contribution is 6.05. The first-order valence-corrected chi connectivity index (χ1v) is 10.1. The van der Waals surface area contributed by atoms with Crippen molar-refractivity contribution in [1.29, 1.82) is 0 Å². The molecular formula is C22H24FN3O3. The van der Waals surface area contributed by atoms with E-state index in [9.17, 15) is 18.8 Å². The number of piperidine rings is 1. The highest BCUT2D eigenvalue weighted by atomic mass is 19.1. The number of terminal acetylenes is 1. The minimum atomic E-state index is -0.737. The number of Topliss-reactive ketones (excluding diaryl/α,β-unsaturated/α-hetero) is 1. The third-order valence-corrected chi connectivity index (χ3v) is 6.29. The number of anilines is 1. The fraction of sp³-hybridized carbons (Fsp3) is 0.500. The Bertz CT molecular complexity index is 901. The number of amides is 2. The fourth-order valence-electron chi connectivity index (χ4n) is 4.75. The highest BCUT2D eigenvalue weighted by Crippen LogP contribution is 2.38. The number of ketones is 1. The largest absolute Gasteiger partial charge is 0.367 e. The summed E-state index contributed by atoms with van der Waals surface area (Å²) in [5.74, 6) is -0.660. The first kappa shape index (κ1) is 19.6. The third-order valence-electron chi connectivity index (χ3n) is 6.29. The number of hydrogen-bond acceptors (Lipinski definition) is 5. The molecule has 0 bridgehead atoms. The van der Waals surface area contributed by atoms with Gasteiger partial charge in [0.05, 0.1) is 11.6 Å². The van der Waals surface area contributed by atoms with Crippen LogP contribution < -0.4 is 15.5 Å². The zero-order chi connectivity index (χ0) is 20.5. The number of benzene rings is 1. The number of aryl methyl sites for hydroxylation is 1. The van der Waals surface area contributed by atoms with E-state index in [2.05, 4.69) is 16.6 Å². The molecule has 2 fully saturated rings. The lowest BCUT2D eigenvalue weighted by atomic mass is 9.74. The molecule has 3 atom stereocenters. The second-order valence-corrected chi connectivity index (χ2v) is 7.96. The molecule has 2 aliphatic heterocycles. The third kappa shape index (κ3) is 3.65. The van der Waals surface area contributed by atoms with Crippen molar-refractivity contribution in [2.75, 3.05) is 31.1 Å². The fourth-order valence-corrected chi connectivity index (χ4v) is 4.75. The molecule has 0 aromatic heterocycles. The number of nitrogens with one attached hydrogen (secondary N) is 2.